The Kier molecular flexibility index (Phi) is 1.50. The standard InChI is InChI=1S/C10H5N5OS/c16-10-14-13-8-7-6(12-4-15(8)10)5-2-1-3-11-9(5)17-7/h1-4H,(H,14,16). The minimum Gasteiger partial charge on any atom is -0.246 e. The third kappa shape index (κ3) is 1.03. The van der Waals surface area contributed by atoms with Crippen molar-refractivity contribution >= 4 is 37.4 Å². The lowest BCUT2D eigenvalue weighted by Crippen LogP contribution is -2.08. The Bertz CT molecular complexity index is 919. The molecule has 0 saturated heterocycles. The van der Waals surface area contributed by atoms with Crippen LogP contribution in [-0.4, -0.2) is 24.6 Å². The van der Waals surface area contributed by atoms with Crippen LogP contribution in [0.4, 0.5) is 0 Å². The van der Waals surface area contributed by atoms with Gasteiger partial charge in [-0.25, -0.2) is 24.3 Å². The summed E-state index contributed by atoms with van der Waals surface area (Å²) in [6, 6.07) is 3.84. The molecule has 0 unspecified atom stereocenters. The van der Waals surface area contributed by atoms with Crippen LogP contribution in [-0.2, 0) is 0 Å². The van der Waals surface area contributed by atoms with Crippen molar-refractivity contribution in [3.8, 4) is 0 Å². The zero-order valence-corrected chi connectivity index (χ0v) is 9.23. The van der Waals surface area contributed by atoms with E-state index in [1.54, 1.807) is 6.20 Å². The quantitative estimate of drug-likeness (QED) is 0.503. The van der Waals surface area contributed by atoms with Crippen molar-refractivity contribution in [3.63, 3.8) is 0 Å². The van der Waals surface area contributed by atoms with Crippen molar-refractivity contribution in [1.29, 1.82) is 0 Å². The Morgan fingerprint density at radius 3 is 3.24 bits per heavy atom. The number of nitrogens with one attached hydrogen (secondary N) is 1. The molecule has 0 atom stereocenters. The van der Waals surface area contributed by atoms with E-state index in [0.717, 1.165) is 20.4 Å². The van der Waals surface area contributed by atoms with Gasteiger partial charge in [0.1, 0.15) is 15.9 Å². The minimum atomic E-state index is -0.278. The lowest BCUT2D eigenvalue weighted by molar-refractivity contribution is 1.00. The van der Waals surface area contributed by atoms with Gasteiger partial charge in [0.25, 0.3) is 0 Å². The summed E-state index contributed by atoms with van der Waals surface area (Å²) < 4.78 is 2.28. The number of hydrogen-bond donors (Lipinski definition) is 1. The van der Waals surface area contributed by atoms with Crippen molar-refractivity contribution in [3.05, 3.63) is 35.1 Å². The average Bonchev–Trinajstić information content (AvgIpc) is 2.90. The van der Waals surface area contributed by atoms with E-state index >= 15 is 0 Å². The van der Waals surface area contributed by atoms with E-state index in [-0.39, 0.29) is 5.69 Å². The first-order chi connectivity index (χ1) is 8.34. The normalized spacial score (nSPS) is 11.8. The highest BCUT2D eigenvalue weighted by Crippen LogP contribution is 2.31. The van der Waals surface area contributed by atoms with E-state index in [4.69, 9.17) is 0 Å². The summed E-state index contributed by atoms with van der Waals surface area (Å²) in [5.74, 6) is 0. The molecule has 0 aromatic carbocycles. The summed E-state index contributed by atoms with van der Waals surface area (Å²) in [6.45, 7) is 0. The minimum absolute atomic E-state index is 0.278. The first-order valence-electron chi connectivity index (χ1n) is 4.93. The highest BCUT2D eigenvalue weighted by atomic mass is 32.1. The van der Waals surface area contributed by atoms with Gasteiger partial charge in [-0.15, -0.1) is 11.3 Å². The van der Waals surface area contributed by atoms with Gasteiger partial charge in [-0.3, -0.25) is 0 Å². The van der Waals surface area contributed by atoms with Crippen LogP contribution < -0.4 is 5.69 Å². The van der Waals surface area contributed by atoms with Crippen LogP contribution in [0.2, 0.25) is 0 Å². The van der Waals surface area contributed by atoms with Crippen LogP contribution in [0.3, 0.4) is 0 Å². The van der Waals surface area contributed by atoms with Gasteiger partial charge in [-0.05, 0) is 12.1 Å². The van der Waals surface area contributed by atoms with Crippen molar-refractivity contribution < 1.29 is 0 Å². The zero-order chi connectivity index (χ0) is 11.4. The number of H-pyrrole nitrogens is 1. The molecule has 82 valence electrons. The number of thiophene rings is 1. The summed E-state index contributed by atoms with van der Waals surface area (Å²) in [7, 11) is 0. The van der Waals surface area contributed by atoms with Gasteiger partial charge in [-0.1, -0.05) is 0 Å². The molecule has 0 spiro atoms. The second-order valence-corrected chi connectivity index (χ2v) is 4.60. The predicted octanol–water partition coefficient (Wildman–Crippen LogP) is 1.18. The molecule has 0 saturated carbocycles. The average molecular weight is 243 g/mol. The van der Waals surface area contributed by atoms with Gasteiger partial charge in [0.05, 0.1) is 5.52 Å². The van der Waals surface area contributed by atoms with Crippen LogP contribution in [0, 0.1) is 0 Å². The molecular formula is C10H5N5OS. The Morgan fingerprint density at radius 1 is 1.35 bits per heavy atom. The Labute approximate surface area is 97.6 Å². The van der Waals surface area contributed by atoms with Crippen LogP contribution >= 0.6 is 11.3 Å². The molecule has 0 amide bonds. The summed E-state index contributed by atoms with van der Waals surface area (Å²) in [6.07, 6.45) is 3.23. The topological polar surface area (TPSA) is 75.9 Å². The summed E-state index contributed by atoms with van der Waals surface area (Å²) >= 11 is 1.49. The fourth-order valence-corrected chi connectivity index (χ4v) is 2.96. The van der Waals surface area contributed by atoms with Crippen molar-refractivity contribution in [2.24, 2.45) is 0 Å². The molecule has 4 aromatic rings. The molecule has 0 aliphatic carbocycles. The largest absolute Gasteiger partial charge is 0.348 e. The monoisotopic (exact) mass is 243 g/mol. The molecule has 0 aliphatic heterocycles. The van der Waals surface area contributed by atoms with Crippen molar-refractivity contribution in [1.82, 2.24) is 24.6 Å². The highest BCUT2D eigenvalue weighted by Gasteiger charge is 2.12. The third-order valence-electron chi connectivity index (χ3n) is 2.65. The number of nitrogens with zero attached hydrogens (tertiary/aromatic N) is 4. The van der Waals surface area contributed by atoms with E-state index in [0.29, 0.717) is 5.65 Å². The Balaban J connectivity index is 2.38. The van der Waals surface area contributed by atoms with Crippen molar-refractivity contribution in [2.75, 3.05) is 0 Å². The maximum absolute atomic E-state index is 11.4. The Morgan fingerprint density at radius 2 is 2.29 bits per heavy atom. The lowest BCUT2D eigenvalue weighted by Gasteiger charge is -1.91. The molecule has 0 fully saturated rings. The summed E-state index contributed by atoms with van der Waals surface area (Å²) in [5.41, 5.74) is 1.16. The molecule has 1 N–H and O–H groups in total. The SMILES string of the molecule is O=c1[nH]nc2c3sc4ncccc4c3ncn12. The molecule has 4 heterocycles. The first kappa shape index (κ1) is 8.82. The van der Waals surface area contributed by atoms with Crippen LogP contribution in [0.1, 0.15) is 0 Å². The van der Waals surface area contributed by atoms with E-state index in [2.05, 4.69) is 20.2 Å². The van der Waals surface area contributed by atoms with Crippen LogP contribution in [0.25, 0.3) is 26.1 Å². The summed E-state index contributed by atoms with van der Waals surface area (Å²) in [4.78, 5) is 20.9. The molecular weight excluding hydrogens is 238 g/mol. The van der Waals surface area contributed by atoms with Gasteiger partial charge >= 0.3 is 5.69 Å². The van der Waals surface area contributed by atoms with Crippen molar-refractivity contribution in [2.45, 2.75) is 0 Å². The molecule has 0 bridgehead atoms. The lowest BCUT2D eigenvalue weighted by atomic mass is 10.3. The van der Waals surface area contributed by atoms with E-state index in [9.17, 15) is 4.79 Å². The molecule has 0 radical (unpaired) electrons. The van der Waals surface area contributed by atoms with Gasteiger partial charge in [0, 0.05) is 11.6 Å². The molecule has 0 aliphatic rings. The second kappa shape index (κ2) is 2.89. The molecule has 17 heavy (non-hydrogen) atoms. The maximum atomic E-state index is 11.4. The van der Waals surface area contributed by atoms with Gasteiger partial charge in [0.2, 0.25) is 0 Å². The third-order valence-corrected chi connectivity index (χ3v) is 3.75. The molecule has 4 aromatic heterocycles. The molecule has 6 nitrogen and oxygen atoms in total. The fraction of sp³-hybridized carbons (Fsp3) is 0. The van der Waals surface area contributed by atoms with Gasteiger partial charge in [0.15, 0.2) is 5.65 Å². The number of fused-ring (bicyclic) bond motifs is 5. The number of aromatic nitrogens is 5. The highest BCUT2D eigenvalue weighted by molar-refractivity contribution is 7.26. The smallest absolute Gasteiger partial charge is 0.246 e. The van der Waals surface area contributed by atoms with Crippen LogP contribution in [0.5, 0.6) is 0 Å². The fourth-order valence-electron chi connectivity index (χ4n) is 1.89. The predicted molar refractivity (Wildman–Crippen MR) is 64.3 cm³/mol. The first-order valence-corrected chi connectivity index (χ1v) is 5.75. The maximum Gasteiger partial charge on any atom is 0.348 e. The van der Waals surface area contributed by atoms with Gasteiger partial charge in [-0.2, -0.15) is 5.10 Å². The number of hydrogen-bond acceptors (Lipinski definition) is 5. The second-order valence-electron chi connectivity index (χ2n) is 3.60. The molecule has 7 heteroatoms. The summed E-state index contributed by atoms with van der Waals surface area (Å²) in [5, 5.41) is 7.42. The van der Waals surface area contributed by atoms with E-state index < -0.39 is 0 Å². The van der Waals surface area contributed by atoms with E-state index in [1.165, 1.54) is 22.1 Å². The van der Waals surface area contributed by atoms with E-state index in [1.807, 2.05) is 12.1 Å². The Hall–Kier alpha value is -2.28. The number of rotatable bonds is 0. The molecule has 4 rings (SSSR count). The number of pyridine rings is 1. The van der Waals surface area contributed by atoms with Crippen LogP contribution in [0.15, 0.2) is 29.5 Å². The zero-order valence-electron chi connectivity index (χ0n) is 8.41. The number of aromatic amines is 1. The van der Waals surface area contributed by atoms with Gasteiger partial charge < -0.3 is 0 Å².